The standard InChI is InChI=1S/C26H26N6O/c1-30-15-24-11-23(30)16-32(24)26-9-18(5-6-27-26)25(33)10-22-8-20-7-17(3-4-19(20)12-28-22)21-13-29-31(2)14-21/h3-9,12-14,23-24H,10-11,15-16H2,1-2H3. The lowest BCUT2D eigenvalue weighted by atomic mass is 10.0. The monoisotopic (exact) mass is 438 g/mol. The van der Waals surface area contributed by atoms with Crippen LogP contribution in [0.25, 0.3) is 21.9 Å². The fourth-order valence-corrected chi connectivity index (χ4v) is 5.20. The van der Waals surface area contributed by atoms with Gasteiger partial charge in [-0.25, -0.2) is 4.98 Å². The number of hydrogen-bond donors (Lipinski definition) is 0. The molecule has 2 aliphatic rings. The summed E-state index contributed by atoms with van der Waals surface area (Å²) in [6.45, 7) is 2.05. The number of fused-ring (bicyclic) bond motifs is 3. The number of pyridine rings is 2. The third-order valence-corrected chi connectivity index (χ3v) is 7.03. The first kappa shape index (κ1) is 20.1. The fraction of sp³-hybridized carbons (Fsp3) is 0.308. The Morgan fingerprint density at radius 3 is 2.64 bits per heavy atom. The van der Waals surface area contributed by atoms with Crippen LogP contribution in [0.2, 0.25) is 0 Å². The van der Waals surface area contributed by atoms with Gasteiger partial charge in [-0.2, -0.15) is 5.10 Å². The predicted molar refractivity (Wildman–Crippen MR) is 128 cm³/mol. The van der Waals surface area contributed by atoms with Gasteiger partial charge in [-0.1, -0.05) is 12.1 Å². The van der Waals surface area contributed by atoms with Crippen LogP contribution in [0.5, 0.6) is 0 Å². The molecule has 2 bridgehead atoms. The van der Waals surface area contributed by atoms with E-state index in [2.05, 4.69) is 50.1 Å². The molecule has 2 atom stereocenters. The molecule has 0 amide bonds. The number of nitrogens with zero attached hydrogens (tertiary/aromatic N) is 6. The highest BCUT2D eigenvalue weighted by molar-refractivity contribution is 5.98. The van der Waals surface area contributed by atoms with Gasteiger partial charge < -0.3 is 4.90 Å². The Morgan fingerprint density at radius 2 is 1.88 bits per heavy atom. The van der Waals surface area contributed by atoms with Crippen molar-refractivity contribution in [3.8, 4) is 11.1 Å². The molecule has 1 aromatic carbocycles. The fourth-order valence-electron chi connectivity index (χ4n) is 5.20. The van der Waals surface area contributed by atoms with Crippen LogP contribution in [-0.4, -0.2) is 62.7 Å². The van der Waals surface area contributed by atoms with E-state index in [1.165, 1.54) is 6.42 Å². The van der Waals surface area contributed by atoms with Gasteiger partial charge in [0.2, 0.25) is 0 Å². The van der Waals surface area contributed by atoms with E-state index in [1.807, 2.05) is 43.8 Å². The summed E-state index contributed by atoms with van der Waals surface area (Å²) in [4.78, 5) is 27.0. The lowest BCUT2D eigenvalue weighted by Crippen LogP contribution is -2.44. The summed E-state index contributed by atoms with van der Waals surface area (Å²) < 4.78 is 1.80. The second-order valence-corrected chi connectivity index (χ2v) is 9.28. The second kappa shape index (κ2) is 7.78. The van der Waals surface area contributed by atoms with Gasteiger partial charge in [0.15, 0.2) is 5.78 Å². The Bertz CT molecular complexity index is 1360. The molecule has 33 heavy (non-hydrogen) atoms. The maximum atomic E-state index is 13.1. The van der Waals surface area contributed by atoms with Crippen LogP contribution in [0, 0.1) is 0 Å². The van der Waals surface area contributed by atoms with Gasteiger partial charge >= 0.3 is 0 Å². The van der Waals surface area contributed by atoms with Gasteiger partial charge in [0.1, 0.15) is 5.82 Å². The predicted octanol–water partition coefficient (Wildman–Crippen LogP) is 3.35. The topological polar surface area (TPSA) is 67.2 Å². The van der Waals surface area contributed by atoms with Crippen molar-refractivity contribution in [3.05, 3.63) is 72.4 Å². The molecule has 2 fully saturated rings. The number of likely N-dealkylation sites (N-methyl/N-ethyl adjacent to an activating group) is 1. The summed E-state index contributed by atoms with van der Waals surface area (Å²) in [6.07, 6.45) is 8.91. The largest absolute Gasteiger partial charge is 0.351 e. The van der Waals surface area contributed by atoms with Crippen LogP contribution in [0.3, 0.4) is 0 Å². The molecule has 0 radical (unpaired) electrons. The summed E-state index contributed by atoms with van der Waals surface area (Å²) in [5.74, 6) is 0.976. The van der Waals surface area contributed by atoms with Gasteiger partial charge in [0.25, 0.3) is 0 Å². The zero-order chi connectivity index (χ0) is 22.5. The minimum atomic E-state index is 0.0652. The van der Waals surface area contributed by atoms with Crippen LogP contribution < -0.4 is 4.90 Å². The van der Waals surface area contributed by atoms with Crippen LogP contribution in [0.4, 0.5) is 5.82 Å². The zero-order valence-electron chi connectivity index (χ0n) is 18.8. The maximum Gasteiger partial charge on any atom is 0.169 e. The van der Waals surface area contributed by atoms with Crippen molar-refractivity contribution in [1.82, 2.24) is 24.6 Å². The van der Waals surface area contributed by atoms with E-state index in [-0.39, 0.29) is 12.2 Å². The molecule has 2 saturated heterocycles. The normalized spacial score (nSPS) is 20.1. The molecular formula is C26H26N6O. The van der Waals surface area contributed by atoms with Gasteiger partial charge in [0, 0.05) is 73.0 Å². The van der Waals surface area contributed by atoms with E-state index in [0.717, 1.165) is 46.5 Å². The Hall–Kier alpha value is -3.58. The van der Waals surface area contributed by atoms with Crippen molar-refractivity contribution < 1.29 is 4.79 Å². The van der Waals surface area contributed by atoms with Crippen LogP contribution in [-0.2, 0) is 13.5 Å². The number of hydrogen-bond acceptors (Lipinski definition) is 6. The number of rotatable bonds is 5. The van der Waals surface area contributed by atoms with Gasteiger partial charge in [0.05, 0.1) is 12.6 Å². The molecule has 0 N–H and O–H groups in total. The minimum Gasteiger partial charge on any atom is -0.351 e. The van der Waals surface area contributed by atoms with Crippen molar-refractivity contribution in [1.29, 1.82) is 0 Å². The number of ketones is 1. The third-order valence-electron chi connectivity index (χ3n) is 7.03. The Morgan fingerprint density at radius 1 is 0.970 bits per heavy atom. The summed E-state index contributed by atoms with van der Waals surface area (Å²) in [7, 11) is 4.10. The first-order chi connectivity index (χ1) is 16.0. The molecule has 7 heteroatoms. The molecule has 0 saturated carbocycles. The van der Waals surface area contributed by atoms with Crippen LogP contribution in [0.15, 0.2) is 61.2 Å². The summed E-state index contributed by atoms with van der Waals surface area (Å²) in [5, 5.41) is 6.39. The molecular weight excluding hydrogens is 412 g/mol. The van der Waals surface area contributed by atoms with Crippen molar-refractivity contribution in [3.63, 3.8) is 0 Å². The molecule has 2 aliphatic heterocycles. The first-order valence-electron chi connectivity index (χ1n) is 11.4. The molecule has 0 aliphatic carbocycles. The Labute approximate surface area is 192 Å². The molecule has 166 valence electrons. The number of carbonyl (C=O) groups excluding carboxylic acids is 1. The first-order valence-corrected chi connectivity index (χ1v) is 11.4. The number of piperazine rings is 1. The number of benzene rings is 1. The van der Waals surface area contributed by atoms with E-state index in [1.54, 1.807) is 10.9 Å². The van der Waals surface area contributed by atoms with E-state index < -0.39 is 0 Å². The Kier molecular flexibility index (Phi) is 4.73. The number of aromatic nitrogens is 4. The maximum absolute atomic E-state index is 13.1. The quantitative estimate of drug-likeness (QED) is 0.445. The van der Waals surface area contributed by atoms with Crippen molar-refractivity contribution in [2.24, 2.45) is 7.05 Å². The number of likely N-dealkylation sites (tertiary alicyclic amines) is 1. The van der Waals surface area contributed by atoms with Crippen LogP contribution in [0.1, 0.15) is 22.5 Å². The highest BCUT2D eigenvalue weighted by Crippen LogP contribution is 2.33. The molecule has 3 aromatic heterocycles. The van der Waals surface area contributed by atoms with Gasteiger partial charge in [-0.3, -0.25) is 19.4 Å². The summed E-state index contributed by atoms with van der Waals surface area (Å²) in [5.41, 5.74) is 3.64. The number of anilines is 1. The molecule has 0 spiro atoms. The summed E-state index contributed by atoms with van der Waals surface area (Å²) in [6, 6.07) is 13.1. The molecule has 7 nitrogen and oxygen atoms in total. The molecule has 4 aromatic rings. The number of Topliss-reactive ketones (excluding diaryl/α,β-unsaturated/α-hetero) is 1. The van der Waals surface area contributed by atoms with E-state index in [0.29, 0.717) is 17.6 Å². The smallest absolute Gasteiger partial charge is 0.169 e. The number of carbonyl (C=O) groups is 1. The highest BCUT2D eigenvalue weighted by atomic mass is 16.1. The number of aryl methyl sites for hydroxylation is 1. The van der Waals surface area contributed by atoms with Gasteiger partial charge in [-0.05, 0) is 48.7 Å². The molecule has 2 unspecified atom stereocenters. The highest BCUT2D eigenvalue weighted by Gasteiger charge is 2.41. The zero-order valence-corrected chi connectivity index (χ0v) is 18.8. The second-order valence-electron chi connectivity index (χ2n) is 9.28. The van der Waals surface area contributed by atoms with Crippen molar-refractivity contribution >= 4 is 22.4 Å². The lowest BCUT2D eigenvalue weighted by molar-refractivity contribution is 0.0992. The summed E-state index contributed by atoms with van der Waals surface area (Å²) >= 11 is 0. The van der Waals surface area contributed by atoms with Gasteiger partial charge in [-0.15, -0.1) is 0 Å². The average molecular weight is 439 g/mol. The molecule has 6 rings (SSSR count). The molecule has 5 heterocycles. The van der Waals surface area contributed by atoms with Crippen LogP contribution >= 0.6 is 0 Å². The average Bonchev–Trinajstić information content (AvgIpc) is 3.54. The van der Waals surface area contributed by atoms with Crippen molar-refractivity contribution in [2.75, 3.05) is 25.0 Å². The SMILES string of the molecule is CN1CC2CC1CN2c1cc(C(=O)Cc2cc3cc(-c4cnn(C)c4)ccc3cn2)ccn1. The van der Waals surface area contributed by atoms with E-state index in [9.17, 15) is 4.79 Å². The van der Waals surface area contributed by atoms with E-state index >= 15 is 0 Å². The lowest BCUT2D eigenvalue weighted by Gasteiger charge is -2.32. The minimum absolute atomic E-state index is 0.0652. The van der Waals surface area contributed by atoms with E-state index in [4.69, 9.17) is 0 Å². The van der Waals surface area contributed by atoms with Crippen molar-refractivity contribution in [2.45, 2.75) is 24.9 Å². The third kappa shape index (κ3) is 3.68. The Balaban J connectivity index is 1.23.